The predicted octanol–water partition coefficient (Wildman–Crippen LogP) is 3.05. The summed E-state index contributed by atoms with van der Waals surface area (Å²) in [5.41, 5.74) is 1.27. The molecule has 3 rings (SSSR count). The highest BCUT2D eigenvalue weighted by Gasteiger charge is 2.35. The van der Waals surface area contributed by atoms with Crippen LogP contribution >= 0.6 is 0 Å². The molecule has 0 aromatic carbocycles. The number of aryl methyl sites for hydroxylation is 1. The molecule has 3 heterocycles. The van der Waals surface area contributed by atoms with Crippen LogP contribution in [0.15, 0.2) is 17.1 Å². The Morgan fingerprint density at radius 1 is 1.21 bits per heavy atom. The lowest BCUT2D eigenvalue weighted by Gasteiger charge is -2.14. The quantitative estimate of drug-likeness (QED) is 0.511. The Morgan fingerprint density at radius 3 is 2.61 bits per heavy atom. The summed E-state index contributed by atoms with van der Waals surface area (Å²) in [6.45, 7) is 1.97. The molecule has 2 aromatic heterocycles. The third kappa shape index (κ3) is 5.21. The Balaban J connectivity index is 1.55. The van der Waals surface area contributed by atoms with E-state index in [4.69, 9.17) is 4.74 Å². The van der Waals surface area contributed by atoms with E-state index >= 15 is 0 Å². The van der Waals surface area contributed by atoms with Crippen LogP contribution in [0.3, 0.4) is 0 Å². The summed E-state index contributed by atoms with van der Waals surface area (Å²) in [6, 6.07) is 2.04. The number of nitrogens with zero attached hydrogens (tertiary/aromatic N) is 2. The van der Waals surface area contributed by atoms with Gasteiger partial charge >= 0.3 is 5.69 Å². The first-order valence-corrected chi connectivity index (χ1v) is 10.7. The lowest BCUT2D eigenvalue weighted by atomic mass is 10.1. The van der Waals surface area contributed by atoms with Crippen molar-refractivity contribution in [3.63, 3.8) is 0 Å². The number of rotatable bonds is 11. The maximum absolute atomic E-state index is 12.3. The van der Waals surface area contributed by atoms with E-state index in [2.05, 4.69) is 16.9 Å². The summed E-state index contributed by atoms with van der Waals surface area (Å²) >= 11 is 0. The van der Waals surface area contributed by atoms with Gasteiger partial charge in [0, 0.05) is 23.7 Å². The SMILES string of the molecule is CCCCCCCCCCc1cc2cn([C@H]3C[C@H](O)[C@@H](CO)O3)c(=O)nc2[nH]1. The minimum atomic E-state index is -0.777. The van der Waals surface area contributed by atoms with E-state index in [9.17, 15) is 15.0 Å². The van der Waals surface area contributed by atoms with Gasteiger partial charge < -0.3 is 19.9 Å². The van der Waals surface area contributed by atoms with Crippen molar-refractivity contribution in [3.05, 3.63) is 28.4 Å². The average Bonchev–Trinajstić information content (AvgIpc) is 3.25. The minimum absolute atomic E-state index is 0.269. The minimum Gasteiger partial charge on any atom is -0.394 e. The number of aliphatic hydroxyl groups is 2. The second kappa shape index (κ2) is 10.2. The molecule has 3 N–H and O–H groups in total. The fourth-order valence-corrected chi connectivity index (χ4v) is 3.91. The van der Waals surface area contributed by atoms with E-state index in [0.717, 1.165) is 23.9 Å². The number of aromatic nitrogens is 3. The summed E-state index contributed by atoms with van der Waals surface area (Å²) in [6.07, 6.45) is 11.2. The normalized spacial score (nSPS) is 22.3. The van der Waals surface area contributed by atoms with Crippen LogP contribution in [-0.2, 0) is 11.2 Å². The maximum Gasteiger partial charge on any atom is 0.351 e. The van der Waals surface area contributed by atoms with Gasteiger partial charge in [-0.2, -0.15) is 4.98 Å². The molecule has 1 aliphatic rings. The second-order valence-corrected chi connectivity index (χ2v) is 7.87. The van der Waals surface area contributed by atoms with Gasteiger partial charge in [-0.25, -0.2) is 4.79 Å². The molecule has 1 aliphatic heterocycles. The molecule has 0 aliphatic carbocycles. The average molecular weight is 392 g/mol. The van der Waals surface area contributed by atoms with Crippen molar-refractivity contribution < 1.29 is 14.9 Å². The molecule has 0 amide bonds. The third-order valence-corrected chi connectivity index (χ3v) is 5.58. The van der Waals surface area contributed by atoms with Gasteiger partial charge in [0.15, 0.2) is 0 Å². The number of hydrogen-bond donors (Lipinski definition) is 3. The highest BCUT2D eigenvalue weighted by Crippen LogP contribution is 2.28. The van der Waals surface area contributed by atoms with E-state index < -0.39 is 24.1 Å². The number of fused-ring (bicyclic) bond motifs is 1. The van der Waals surface area contributed by atoms with Crippen LogP contribution in [0.1, 0.15) is 76.6 Å². The zero-order chi connectivity index (χ0) is 19.9. The Bertz CT molecular complexity index is 801. The zero-order valence-electron chi connectivity index (χ0n) is 16.8. The number of unbranched alkanes of at least 4 members (excludes halogenated alkanes) is 7. The van der Waals surface area contributed by atoms with E-state index in [0.29, 0.717) is 5.65 Å². The van der Waals surface area contributed by atoms with E-state index in [-0.39, 0.29) is 13.0 Å². The van der Waals surface area contributed by atoms with E-state index in [1.165, 1.54) is 49.5 Å². The summed E-state index contributed by atoms with van der Waals surface area (Å²) in [5.74, 6) is 0. The van der Waals surface area contributed by atoms with Gasteiger partial charge in [-0.1, -0.05) is 51.9 Å². The lowest BCUT2D eigenvalue weighted by Crippen LogP contribution is -2.27. The fraction of sp³-hybridized carbons (Fsp3) is 0.714. The van der Waals surface area contributed by atoms with Gasteiger partial charge in [0.2, 0.25) is 0 Å². The highest BCUT2D eigenvalue weighted by atomic mass is 16.5. The first kappa shape index (κ1) is 21.0. The molecule has 0 unspecified atom stereocenters. The van der Waals surface area contributed by atoms with Crippen molar-refractivity contribution in [2.45, 2.75) is 89.6 Å². The summed E-state index contributed by atoms with van der Waals surface area (Å²) in [5, 5.41) is 20.0. The lowest BCUT2D eigenvalue weighted by molar-refractivity contribution is -0.0457. The Hall–Kier alpha value is -1.70. The molecule has 0 bridgehead atoms. The van der Waals surface area contributed by atoms with Crippen LogP contribution in [0, 0.1) is 0 Å². The number of nitrogens with one attached hydrogen (secondary N) is 1. The zero-order valence-corrected chi connectivity index (χ0v) is 16.8. The van der Waals surface area contributed by atoms with Gasteiger partial charge in [0.1, 0.15) is 18.0 Å². The number of H-pyrrole nitrogens is 1. The first-order valence-electron chi connectivity index (χ1n) is 10.7. The van der Waals surface area contributed by atoms with Crippen molar-refractivity contribution in [1.82, 2.24) is 14.5 Å². The molecular weight excluding hydrogens is 358 g/mol. The van der Waals surface area contributed by atoms with Crippen LogP contribution in [0.4, 0.5) is 0 Å². The van der Waals surface area contributed by atoms with Crippen molar-refractivity contribution in [2.24, 2.45) is 0 Å². The number of aliphatic hydroxyl groups excluding tert-OH is 2. The number of hydrogen-bond acceptors (Lipinski definition) is 5. The fourth-order valence-electron chi connectivity index (χ4n) is 3.91. The standard InChI is InChI=1S/C21H33N3O4/c1-2-3-4-5-6-7-8-9-10-16-11-15-13-24(21(27)23-20(15)22-16)19-12-17(26)18(14-25)28-19/h11,13,17-19,25-26H,2-10,12,14H2,1H3,(H,22,23,27)/t17-,18+,19+/m0/s1. The molecule has 0 spiro atoms. The van der Waals surface area contributed by atoms with Gasteiger partial charge in [-0.15, -0.1) is 0 Å². The first-order chi connectivity index (χ1) is 13.6. The molecule has 0 radical (unpaired) electrons. The van der Waals surface area contributed by atoms with Crippen molar-refractivity contribution in [2.75, 3.05) is 6.61 Å². The van der Waals surface area contributed by atoms with Crippen molar-refractivity contribution in [3.8, 4) is 0 Å². The van der Waals surface area contributed by atoms with Crippen LogP contribution in [-0.4, -0.2) is 43.6 Å². The summed E-state index contributed by atoms with van der Waals surface area (Å²) < 4.78 is 7.00. The monoisotopic (exact) mass is 391 g/mol. The molecule has 28 heavy (non-hydrogen) atoms. The third-order valence-electron chi connectivity index (χ3n) is 5.58. The van der Waals surface area contributed by atoms with Gasteiger partial charge in [-0.3, -0.25) is 4.57 Å². The molecule has 0 saturated carbocycles. The largest absolute Gasteiger partial charge is 0.394 e. The molecule has 7 nitrogen and oxygen atoms in total. The molecule has 1 saturated heterocycles. The Labute approximate surface area is 165 Å². The van der Waals surface area contributed by atoms with Crippen molar-refractivity contribution >= 4 is 11.0 Å². The molecular formula is C21H33N3O4. The maximum atomic E-state index is 12.3. The van der Waals surface area contributed by atoms with Crippen LogP contribution in [0.25, 0.3) is 11.0 Å². The summed E-state index contributed by atoms with van der Waals surface area (Å²) in [7, 11) is 0. The molecule has 156 valence electrons. The molecule has 1 fully saturated rings. The molecule has 3 atom stereocenters. The molecule has 2 aromatic rings. The van der Waals surface area contributed by atoms with E-state index in [1.807, 2.05) is 6.07 Å². The smallest absolute Gasteiger partial charge is 0.351 e. The second-order valence-electron chi connectivity index (χ2n) is 7.87. The predicted molar refractivity (Wildman–Crippen MR) is 108 cm³/mol. The van der Waals surface area contributed by atoms with Crippen LogP contribution in [0.5, 0.6) is 0 Å². The van der Waals surface area contributed by atoms with Gasteiger partial charge in [0.05, 0.1) is 12.7 Å². The van der Waals surface area contributed by atoms with Crippen molar-refractivity contribution in [1.29, 1.82) is 0 Å². The summed E-state index contributed by atoms with van der Waals surface area (Å²) in [4.78, 5) is 19.7. The van der Waals surface area contributed by atoms with Crippen LogP contribution in [0.2, 0.25) is 0 Å². The Kier molecular flexibility index (Phi) is 7.65. The Morgan fingerprint density at radius 2 is 1.93 bits per heavy atom. The topological polar surface area (TPSA) is 100 Å². The number of ether oxygens (including phenoxy) is 1. The van der Waals surface area contributed by atoms with E-state index in [1.54, 1.807) is 6.20 Å². The van der Waals surface area contributed by atoms with Crippen LogP contribution < -0.4 is 5.69 Å². The molecule has 7 heteroatoms. The number of aromatic amines is 1. The van der Waals surface area contributed by atoms with Gasteiger partial charge in [0.25, 0.3) is 0 Å². The highest BCUT2D eigenvalue weighted by molar-refractivity contribution is 5.75. The van der Waals surface area contributed by atoms with Gasteiger partial charge in [-0.05, 0) is 18.9 Å².